The second-order valence-corrected chi connectivity index (χ2v) is 4.69. The van der Waals surface area contributed by atoms with Crippen molar-refractivity contribution in [2.45, 2.75) is 33.2 Å². The van der Waals surface area contributed by atoms with Gasteiger partial charge in [0, 0.05) is 5.54 Å². The Morgan fingerprint density at radius 2 is 1.93 bits per heavy atom. The first kappa shape index (κ1) is 12.1. The molecule has 2 heteroatoms. The van der Waals surface area contributed by atoms with Gasteiger partial charge >= 0.3 is 0 Å². The molecule has 2 nitrogen and oxygen atoms in total. The second kappa shape index (κ2) is 4.67. The van der Waals surface area contributed by atoms with E-state index in [-0.39, 0.29) is 5.54 Å². The molecule has 0 saturated heterocycles. The van der Waals surface area contributed by atoms with Gasteiger partial charge in [0.15, 0.2) is 0 Å². The molecular weight excluding hydrogens is 186 g/mol. The van der Waals surface area contributed by atoms with Crippen LogP contribution < -0.4 is 10.1 Å². The highest BCUT2D eigenvalue weighted by Crippen LogP contribution is 2.19. The number of likely N-dealkylation sites (N-methyl/N-ethyl adjacent to an activating group) is 1. The standard InChI is InChI=1S/C13H21NO/c1-10-6-7-12(11(2)8-10)15-9-13(3,4)14-5/h6-8,14H,9H2,1-5H3. The average molecular weight is 207 g/mol. The lowest BCUT2D eigenvalue weighted by Crippen LogP contribution is -2.42. The lowest BCUT2D eigenvalue weighted by atomic mass is 10.1. The molecule has 1 N–H and O–H groups in total. The average Bonchev–Trinajstić information content (AvgIpc) is 2.16. The van der Waals surface area contributed by atoms with Crippen LogP contribution in [-0.4, -0.2) is 19.2 Å². The summed E-state index contributed by atoms with van der Waals surface area (Å²) in [5.41, 5.74) is 2.48. The van der Waals surface area contributed by atoms with Gasteiger partial charge < -0.3 is 10.1 Å². The van der Waals surface area contributed by atoms with Crippen LogP contribution in [0.25, 0.3) is 0 Å². The first-order valence-corrected chi connectivity index (χ1v) is 5.33. The fraction of sp³-hybridized carbons (Fsp3) is 0.538. The van der Waals surface area contributed by atoms with Gasteiger partial charge in [-0.2, -0.15) is 0 Å². The maximum Gasteiger partial charge on any atom is 0.122 e. The van der Waals surface area contributed by atoms with E-state index in [9.17, 15) is 0 Å². The van der Waals surface area contributed by atoms with Crippen LogP contribution in [0.15, 0.2) is 18.2 Å². The molecule has 0 aromatic heterocycles. The van der Waals surface area contributed by atoms with Gasteiger partial charge in [-0.1, -0.05) is 17.7 Å². The third-order valence-corrected chi connectivity index (χ3v) is 2.60. The lowest BCUT2D eigenvalue weighted by Gasteiger charge is -2.24. The van der Waals surface area contributed by atoms with Crippen molar-refractivity contribution in [3.63, 3.8) is 0 Å². The van der Waals surface area contributed by atoms with Gasteiger partial charge in [-0.3, -0.25) is 0 Å². The molecular formula is C13H21NO. The lowest BCUT2D eigenvalue weighted by molar-refractivity contribution is 0.216. The van der Waals surface area contributed by atoms with Gasteiger partial charge in [-0.15, -0.1) is 0 Å². The minimum Gasteiger partial charge on any atom is -0.491 e. The zero-order chi connectivity index (χ0) is 11.5. The van der Waals surface area contributed by atoms with Crippen LogP contribution in [-0.2, 0) is 0 Å². The molecule has 0 amide bonds. The number of rotatable bonds is 4. The van der Waals surface area contributed by atoms with E-state index in [0.29, 0.717) is 6.61 Å². The molecule has 0 saturated carbocycles. The highest BCUT2D eigenvalue weighted by atomic mass is 16.5. The van der Waals surface area contributed by atoms with Crippen molar-refractivity contribution >= 4 is 0 Å². The van der Waals surface area contributed by atoms with E-state index in [0.717, 1.165) is 5.75 Å². The molecule has 1 aromatic carbocycles. The van der Waals surface area contributed by atoms with Crippen molar-refractivity contribution in [1.29, 1.82) is 0 Å². The normalized spacial score (nSPS) is 11.5. The summed E-state index contributed by atoms with van der Waals surface area (Å²) < 4.78 is 5.78. The Hall–Kier alpha value is -1.02. The Kier molecular flexibility index (Phi) is 3.75. The molecule has 0 aliphatic rings. The van der Waals surface area contributed by atoms with Gasteiger partial charge in [0.25, 0.3) is 0 Å². The summed E-state index contributed by atoms with van der Waals surface area (Å²) in [6.45, 7) is 9.09. The zero-order valence-corrected chi connectivity index (χ0v) is 10.3. The summed E-state index contributed by atoms with van der Waals surface area (Å²) in [6, 6.07) is 6.26. The molecule has 0 bridgehead atoms. The van der Waals surface area contributed by atoms with Gasteiger partial charge in [0.05, 0.1) is 0 Å². The zero-order valence-electron chi connectivity index (χ0n) is 10.3. The molecule has 0 aliphatic carbocycles. The quantitative estimate of drug-likeness (QED) is 0.819. The summed E-state index contributed by atoms with van der Waals surface area (Å²) in [7, 11) is 1.95. The highest BCUT2D eigenvalue weighted by Gasteiger charge is 2.15. The summed E-state index contributed by atoms with van der Waals surface area (Å²) in [5, 5.41) is 3.22. The Balaban J connectivity index is 2.66. The van der Waals surface area contributed by atoms with Crippen molar-refractivity contribution in [1.82, 2.24) is 5.32 Å². The van der Waals surface area contributed by atoms with E-state index in [4.69, 9.17) is 4.74 Å². The van der Waals surface area contributed by atoms with E-state index >= 15 is 0 Å². The predicted octanol–water partition coefficient (Wildman–Crippen LogP) is 2.68. The molecule has 0 atom stereocenters. The first-order chi connectivity index (χ1) is 6.94. The van der Waals surface area contributed by atoms with Crippen LogP contribution >= 0.6 is 0 Å². The van der Waals surface area contributed by atoms with Gasteiger partial charge in [0.2, 0.25) is 0 Å². The SMILES string of the molecule is CNC(C)(C)COc1ccc(C)cc1C. The van der Waals surface area contributed by atoms with E-state index < -0.39 is 0 Å². The fourth-order valence-corrected chi connectivity index (χ4v) is 1.29. The van der Waals surface area contributed by atoms with E-state index in [1.807, 2.05) is 13.1 Å². The van der Waals surface area contributed by atoms with Crippen molar-refractivity contribution in [2.75, 3.05) is 13.7 Å². The maximum atomic E-state index is 5.78. The number of hydrogen-bond acceptors (Lipinski definition) is 2. The Bertz CT molecular complexity index is 331. The second-order valence-electron chi connectivity index (χ2n) is 4.69. The minimum absolute atomic E-state index is 0.0112. The Morgan fingerprint density at radius 1 is 1.27 bits per heavy atom. The predicted molar refractivity (Wildman–Crippen MR) is 64.5 cm³/mol. The third-order valence-electron chi connectivity index (χ3n) is 2.60. The number of benzene rings is 1. The van der Waals surface area contributed by atoms with Crippen molar-refractivity contribution in [3.05, 3.63) is 29.3 Å². The summed E-state index contributed by atoms with van der Waals surface area (Å²) in [4.78, 5) is 0. The molecule has 0 aliphatic heterocycles. The highest BCUT2D eigenvalue weighted by molar-refractivity contribution is 5.35. The van der Waals surface area contributed by atoms with E-state index in [1.54, 1.807) is 0 Å². The van der Waals surface area contributed by atoms with Crippen LogP contribution in [0.4, 0.5) is 0 Å². The third kappa shape index (κ3) is 3.56. The van der Waals surface area contributed by atoms with Crippen molar-refractivity contribution in [3.8, 4) is 5.75 Å². The summed E-state index contributed by atoms with van der Waals surface area (Å²) >= 11 is 0. The molecule has 0 fully saturated rings. The van der Waals surface area contributed by atoms with Crippen molar-refractivity contribution in [2.24, 2.45) is 0 Å². The molecule has 0 spiro atoms. The van der Waals surface area contributed by atoms with Crippen LogP contribution in [0.3, 0.4) is 0 Å². The molecule has 15 heavy (non-hydrogen) atoms. The number of nitrogens with one attached hydrogen (secondary N) is 1. The summed E-state index contributed by atoms with van der Waals surface area (Å²) in [5.74, 6) is 0.976. The molecule has 0 radical (unpaired) electrons. The van der Waals surface area contributed by atoms with Crippen LogP contribution in [0, 0.1) is 13.8 Å². The molecule has 0 unspecified atom stereocenters. The topological polar surface area (TPSA) is 21.3 Å². The largest absolute Gasteiger partial charge is 0.491 e. The maximum absolute atomic E-state index is 5.78. The molecule has 84 valence electrons. The first-order valence-electron chi connectivity index (χ1n) is 5.33. The summed E-state index contributed by atoms with van der Waals surface area (Å²) in [6.07, 6.45) is 0. The molecule has 1 rings (SSSR count). The number of aryl methyl sites for hydroxylation is 2. The number of ether oxygens (including phenoxy) is 1. The Morgan fingerprint density at radius 3 is 2.47 bits per heavy atom. The van der Waals surface area contributed by atoms with Crippen LogP contribution in [0.5, 0.6) is 5.75 Å². The number of hydrogen-bond donors (Lipinski definition) is 1. The van der Waals surface area contributed by atoms with Gasteiger partial charge in [-0.05, 0) is 46.4 Å². The fourth-order valence-electron chi connectivity index (χ4n) is 1.29. The molecule has 1 aromatic rings. The van der Waals surface area contributed by atoms with Crippen LogP contribution in [0.1, 0.15) is 25.0 Å². The minimum atomic E-state index is 0.0112. The Labute approximate surface area is 92.6 Å². The smallest absolute Gasteiger partial charge is 0.122 e. The van der Waals surface area contributed by atoms with E-state index in [1.165, 1.54) is 11.1 Å². The van der Waals surface area contributed by atoms with Gasteiger partial charge in [-0.25, -0.2) is 0 Å². The van der Waals surface area contributed by atoms with Crippen molar-refractivity contribution < 1.29 is 4.74 Å². The monoisotopic (exact) mass is 207 g/mol. The van der Waals surface area contributed by atoms with Gasteiger partial charge in [0.1, 0.15) is 12.4 Å². The molecule has 0 heterocycles. The van der Waals surface area contributed by atoms with Crippen LogP contribution in [0.2, 0.25) is 0 Å². The van der Waals surface area contributed by atoms with E-state index in [2.05, 4.69) is 45.1 Å².